The van der Waals surface area contributed by atoms with Crippen LogP contribution in [-0.4, -0.2) is 64.3 Å². The van der Waals surface area contributed by atoms with Crippen molar-refractivity contribution in [2.24, 2.45) is 7.05 Å². The van der Waals surface area contributed by atoms with Crippen molar-refractivity contribution in [1.29, 1.82) is 0 Å². The second-order valence-corrected chi connectivity index (χ2v) is 9.55. The van der Waals surface area contributed by atoms with Crippen LogP contribution in [0.5, 0.6) is 0 Å². The van der Waals surface area contributed by atoms with Gasteiger partial charge in [-0.3, -0.25) is 24.0 Å². The lowest BCUT2D eigenvalue weighted by molar-refractivity contribution is -0.135. The summed E-state index contributed by atoms with van der Waals surface area (Å²) in [5, 5.41) is 3.64. The third-order valence-corrected chi connectivity index (χ3v) is 5.69. The zero-order valence-electron chi connectivity index (χ0n) is 21.7. The molecule has 0 bridgehead atoms. The maximum absolute atomic E-state index is 13.1. The van der Waals surface area contributed by atoms with E-state index in [1.165, 1.54) is 14.0 Å². The van der Waals surface area contributed by atoms with E-state index in [4.69, 9.17) is 9.47 Å². The standard InChI is InChI=1S/C25H38N4O6/c1-8-17(11-10-15-34-16-14-27(6)24(33)35-25(3,4)5)21-18(9-2)29(23(32)28(21)7)19-12-13-20(30)26-22(19)31/h8-9,19H,1,10-16H2,2-7H3,(H,26,30,31)/b18-9+,21-17-. The van der Waals surface area contributed by atoms with Gasteiger partial charge in [0.1, 0.15) is 11.6 Å². The number of rotatable bonds is 9. The van der Waals surface area contributed by atoms with Gasteiger partial charge in [0.25, 0.3) is 0 Å². The Bertz CT molecular complexity index is 1140. The number of hydrogen-bond donors (Lipinski definition) is 1. The lowest BCUT2D eigenvalue weighted by atomic mass is 10.1. The van der Waals surface area contributed by atoms with Crippen LogP contribution in [0.15, 0.2) is 17.4 Å². The fourth-order valence-corrected chi connectivity index (χ4v) is 3.95. The minimum absolute atomic E-state index is 0.189. The lowest BCUT2D eigenvalue weighted by Crippen LogP contribution is -2.47. The van der Waals surface area contributed by atoms with Crippen molar-refractivity contribution in [3.8, 4) is 0 Å². The predicted octanol–water partition coefficient (Wildman–Crippen LogP) is 0.965. The van der Waals surface area contributed by atoms with E-state index in [2.05, 4.69) is 11.9 Å². The molecule has 0 aliphatic carbocycles. The van der Waals surface area contributed by atoms with Crippen LogP contribution in [0.3, 0.4) is 0 Å². The zero-order valence-corrected chi connectivity index (χ0v) is 21.7. The summed E-state index contributed by atoms with van der Waals surface area (Å²) in [6.45, 7) is 12.4. The van der Waals surface area contributed by atoms with Crippen molar-refractivity contribution in [2.75, 3.05) is 26.8 Å². The van der Waals surface area contributed by atoms with Crippen LogP contribution in [0.4, 0.5) is 4.79 Å². The Hall–Kier alpha value is -3.14. The number of imide groups is 1. The van der Waals surface area contributed by atoms with Gasteiger partial charge in [-0.15, -0.1) is 0 Å². The van der Waals surface area contributed by atoms with E-state index >= 15 is 0 Å². The Morgan fingerprint density at radius 3 is 2.51 bits per heavy atom. The molecular formula is C25H38N4O6. The number of hydrogen-bond acceptors (Lipinski definition) is 6. The number of imidazole rings is 1. The Labute approximate surface area is 205 Å². The number of allylic oxidation sites excluding steroid dienone is 1. The molecule has 0 spiro atoms. The van der Waals surface area contributed by atoms with E-state index in [-0.39, 0.29) is 24.4 Å². The summed E-state index contributed by atoms with van der Waals surface area (Å²) in [5.74, 6) is -0.790. The third-order valence-electron chi connectivity index (χ3n) is 5.69. The smallest absolute Gasteiger partial charge is 0.410 e. The first-order valence-electron chi connectivity index (χ1n) is 11.9. The van der Waals surface area contributed by atoms with Crippen LogP contribution >= 0.6 is 0 Å². The Kier molecular flexibility index (Phi) is 9.64. The molecule has 1 aromatic heterocycles. The first-order chi connectivity index (χ1) is 16.4. The van der Waals surface area contributed by atoms with Gasteiger partial charge in [-0.2, -0.15) is 0 Å². The van der Waals surface area contributed by atoms with Gasteiger partial charge in [0, 0.05) is 33.7 Å². The Balaban J connectivity index is 2.08. The number of carbonyl (C=O) groups excluding carboxylic acids is 3. The van der Waals surface area contributed by atoms with Crippen molar-refractivity contribution in [3.05, 3.63) is 33.8 Å². The molecule has 1 atom stereocenters. The maximum Gasteiger partial charge on any atom is 0.410 e. The van der Waals surface area contributed by atoms with E-state index in [9.17, 15) is 19.2 Å². The number of ether oxygens (including phenoxy) is 2. The van der Waals surface area contributed by atoms with E-state index in [0.29, 0.717) is 43.3 Å². The average molecular weight is 491 g/mol. The quantitative estimate of drug-likeness (QED) is 0.408. The molecule has 194 valence electrons. The highest BCUT2D eigenvalue weighted by Gasteiger charge is 2.30. The molecular weight excluding hydrogens is 452 g/mol. The van der Waals surface area contributed by atoms with Gasteiger partial charge in [-0.25, -0.2) is 9.59 Å². The zero-order chi connectivity index (χ0) is 26.3. The van der Waals surface area contributed by atoms with Gasteiger partial charge in [-0.1, -0.05) is 18.7 Å². The van der Waals surface area contributed by atoms with Crippen molar-refractivity contribution in [3.63, 3.8) is 0 Å². The number of carbonyl (C=O) groups is 3. The fourth-order valence-electron chi connectivity index (χ4n) is 3.95. The Morgan fingerprint density at radius 2 is 1.94 bits per heavy atom. The number of aromatic nitrogens is 2. The van der Waals surface area contributed by atoms with Gasteiger partial charge < -0.3 is 14.4 Å². The number of likely N-dealkylation sites (N-methyl/N-ethyl adjacent to an activating group) is 1. The maximum atomic E-state index is 13.1. The summed E-state index contributed by atoms with van der Waals surface area (Å²) >= 11 is 0. The van der Waals surface area contributed by atoms with Crippen LogP contribution in [0.2, 0.25) is 0 Å². The summed E-state index contributed by atoms with van der Waals surface area (Å²) in [5.41, 5.74) is -0.00333. The molecule has 1 fully saturated rings. The fraction of sp³-hybridized carbons (Fsp3) is 0.600. The molecule has 0 radical (unpaired) electrons. The van der Waals surface area contributed by atoms with Crippen molar-refractivity contribution >= 4 is 29.6 Å². The third kappa shape index (κ3) is 7.17. The molecule has 10 heteroatoms. The second-order valence-electron chi connectivity index (χ2n) is 9.55. The van der Waals surface area contributed by atoms with Crippen LogP contribution in [-0.2, 0) is 26.1 Å². The van der Waals surface area contributed by atoms with Gasteiger partial charge >= 0.3 is 11.8 Å². The van der Waals surface area contributed by atoms with Crippen molar-refractivity contribution in [2.45, 2.75) is 65.0 Å². The normalized spacial score (nSPS) is 17.8. The minimum atomic E-state index is -0.734. The highest BCUT2D eigenvalue weighted by Crippen LogP contribution is 2.15. The highest BCUT2D eigenvalue weighted by atomic mass is 16.6. The van der Waals surface area contributed by atoms with E-state index in [1.54, 1.807) is 26.2 Å². The molecule has 3 amide bonds. The SMILES string of the molecule is C=C/C(CCCOCCN(C)C(=O)OC(C)(C)C)=c1\c(=C/C)n(C2CCC(=O)NC2=O)c(=O)n1C. The molecule has 1 aromatic rings. The monoisotopic (exact) mass is 490 g/mol. The summed E-state index contributed by atoms with van der Waals surface area (Å²) in [4.78, 5) is 50.5. The molecule has 2 heterocycles. The number of piperidine rings is 1. The predicted molar refractivity (Wildman–Crippen MR) is 133 cm³/mol. The molecule has 0 aromatic carbocycles. The minimum Gasteiger partial charge on any atom is -0.444 e. The van der Waals surface area contributed by atoms with E-state index in [1.807, 2.05) is 27.7 Å². The van der Waals surface area contributed by atoms with Gasteiger partial charge in [0.05, 0.1) is 17.3 Å². The van der Waals surface area contributed by atoms with E-state index < -0.39 is 23.6 Å². The average Bonchev–Trinajstić information content (AvgIpc) is 3.02. The summed E-state index contributed by atoms with van der Waals surface area (Å²) < 4.78 is 14.0. The largest absolute Gasteiger partial charge is 0.444 e. The summed E-state index contributed by atoms with van der Waals surface area (Å²) in [6, 6.07) is -0.734. The molecule has 1 aliphatic heterocycles. The Morgan fingerprint density at radius 1 is 1.26 bits per heavy atom. The molecule has 1 unspecified atom stereocenters. The second kappa shape index (κ2) is 12.0. The van der Waals surface area contributed by atoms with Crippen molar-refractivity contribution in [1.82, 2.24) is 19.4 Å². The van der Waals surface area contributed by atoms with Gasteiger partial charge in [0.2, 0.25) is 11.8 Å². The van der Waals surface area contributed by atoms with E-state index in [0.717, 1.165) is 5.57 Å². The first-order valence-corrected chi connectivity index (χ1v) is 11.9. The van der Waals surface area contributed by atoms with Crippen LogP contribution < -0.4 is 21.7 Å². The number of nitrogens with one attached hydrogen (secondary N) is 1. The first kappa shape index (κ1) is 28.1. The molecule has 1 aliphatic rings. The topological polar surface area (TPSA) is 112 Å². The summed E-state index contributed by atoms with van der Waals surface area (Å²) in [7, 11) is 3.33. The highest BCUT2D eigenvalue weighted by molar-refractivity contribution is 5.99. The molecule has 0 saturated carbocycles. The van der Waals surface area contributed by atoms with Crippen LogP contribution in [0.1, 0.15) is 59.4 Å². The molecule has 1 saturated heterocycles. The number of amides is 3. The van der Waals surface area contributed by atoms with Crippen LogP contribution in [0.25, 0.3) is 11.6 Å². The lowest BCUT2D eigenvalue weighted by Gasteiger charge is -2.24. The molecule has 1 N–H and O–H groups in total. The summed E-state index contributed by atoms with van der Waals surface area (Å²) in [6.07, 6.45) is 4.88. The number of nitrogens with zero attached hydrogens (tertiary/aromatic N) is 3. The van der Waals surface area contributed by atoms with Crippen LogP contribution in [0, 0.1) is 0 Å². The van der Waals surface area contributed by atoms with Gasteiger partial charge in [0.15, 0.2) is 0 Å². The van der Waals surface area contributed by atoms with Gasteiger partial charge in [-0.05, 0) is 52.5 Å². The molecule has 2 rings (SSSR count). The molecule has 10 nitrogen and oxygen atoms in total. The van der Waals surface area contributed by atoms with Crippen molar-refractivity contribution < 1.29 is 23.9 Å². The molecule has 35 heavy (non-hydrogen) atoms.